The summed E-state index contributed by atoms with van der Waals surface area (Å²) in [6.45, 7) is 0.605. The summed E-state index contributed by atoms with van der Waals surface area (Å²) in [4.78, 5) is 1.99. The second-order valence-corrected chi connectivity index (χ2v) is 3.99. The van der Waals surface area contributed by atoms with E-state index in [1.165, 1.54) is 0 Å². The van der Waals surface area contributed by atoms with Crippen LogP contribution in [-0.4, -0.2) is 37.3 Å². The Balaban J connectivity index is 2.48. The Hall–Kier alpha value is -0.290. The van der Waals surface area contributed by atoms with Crippen molar-refractivity contribution in [2.24, 2.45) is 11.7 Å². The molecule has 0 aromatic heterocycles. The van der Waals surface area contributed by atoms with Crippen molar-refractivity contribution in [3.63, 3.8) is 0 Å². The van der Waals surface area contributed by atoms with E-state index < -0.39 is 12.1 Å². The number of halogens is 3. The minimum Gasteiger partial charge on any atom is -0.330 e. The Kier molecular flexibility index (Phi) is 3.78. The van der Waals surface area contributed by atoms with Crippen LogP contribution in [0.5, 0.6) is 0 Å². The minimum absolute atomic E-state index is 0.0603. The fourth-order valence-corrected chi connectivity index (χ4v) is 1.97. The van der Waals surface area contributed by atoms with E-state index in [9.17, 15) is 13.2 Å². The van der Waals surface area contributed by atoms with E-state index in [0.717, 1.165) is 19.4 Å². The number of nitrogens with zero attached hydrogens (tertiary/aromatic N) is 1. The van der Waals surface area contributed by atoms with Gasteiger partial charge in [0.25, 0.3) is 0 Å². The van der Waals surface area contributed by atoms with E-state index in [2.05, 4.69) is 0 Å². The van der Waals surface area contributed by atoms with Gasteiger partial charge in [-0.3, -0.25) is 0 Å². The SMILES string of the molecule is CN1CCCC1CC(CN)C(F)(F)F. The van der Waals surface area contributed by atoms with Crippen molar-refractivity contribution in [3.05, 3.63) is 0 Å². The first-order valence-corrected chi connectivity index (χ1v) is 4.92. The zero-order valence-electron chi connectivity index (χ0n) is 8.35. The second-order valence-electron chi connectivity index (χ2n) is 3.99. The first-order chi connectivity index (χ1) is 6.45. The van der Waals surface area contributed by atoms with Crippen LogP contribution in [0.25, 0.3) is 0 Å². The standard InChI is InChI=1S/C9H17F3N2/c1-14-4-2-3-8(14)5-7(6-13)9(10,11)12/h7-8H,2-6,13H2,1H3. The van der Waals surface area contributed by atoms with E-state index in [1.807, 2.05) is 11.9 Å². The van der Waals surface area contributed by atoms with Gasteiger partial charge in [-0.2, -0.15) is 13.2 Å². The number of rotatable bonds is 3. The maximum atomic E-state index is 12.4. The normalized spacial score (nSPS) is 26.8. The van der Waals surface area contributed by atoms with Gasteiger partial charge in [0.2, 0.25) is 0 Å². The Morgan fingerprint density at radius 2 is 2.14 bits per heavy atom. The van der Waals surface area contributed by atoms with Crippen molar-refractivity contribution in [2.75, 3.05) is 20.1 Å². The van der Waals surface area contributed by atoms with Gasteiger partial charge in [-0.15, -0.1) is 0 Å². The molecule has 5 heteroatoms. The van der Waals surface area contributed by atoms with E-state index in [-0.39, 0.29) is 19.0 Å². The first kappa shape index (κ1) is 11.8. The topological polar surface area (TPSA) is 29.3 Å². The number of likely N-dealkylation sites (tertiary alicyclic amines) is 1. The molecule has 1 saturated heterocycles. The molecule has 2 atom stereocenters. The van der Waals surface area contributed by atoms with Crippen molar-refractivity contribution in [1.29, 1.82) is 0 Å². The third kappa shape index (κ3) is 2.85. The number of hydrogen-bond donors (Lipinski definition) is 1. The van der Waals surface area contributed by atoms with Crippen LogP contribution < -0.4 is 5.73 Å². The van der Waals surface area contributed by atoms with Gasteiger partial charge in [0.1, 0.15) is 0 Å². The fraction of sp³-hybridized carbons (Fsp3) is 1.00. The van der Waals surface area contributed by atoms with E-state index in [4.69, 9.17) is 5.73 Å². The van der Waals surface area contributed by atoms with Gasteiger partial charge in [-0.1, -0.05) is 0 Å². The monoisotopic (exact) mass is 210 g/mol. The Morgan fingerprint density at radius 1 is 1.50 bits per heavy atom. The molecule has 0 aliphatic carbocycles. The predicted molar refractivity (Wildman–Crippen MR) is 48.9 cm³/mol. The summed E-state index contributed by atoms with van der Waals surface area (Å²) in [6, 6.07) is 0.0603. The molecule has 1 aliphatic heterocycles. The highest BCUT2D eigenvalue weighted by Crippen LogP contribution is 2.32. The molecule has 14 heavy (non-hydrogen) atoms. The molecule has 0 spiro atoms. The predicted octanol–water partition coefficient (Wildman–Crippen LogP) is 1.61. The molecule has 0 aromatic rings. The van der Waals surface area contributed by atoms with Crippen molar-refractivity contribution in [3.8, 4) is 0 Å². The lowest BCUT2D eigenvalue weighted by molar-refractivity contribution is -0.176. The molecule has 1 rings (SSSR count). The molecular weight excluding hydrogens is 193 g/mol. The van der Waals surface area contributed by atoms with Crippen LogP contribution in [-0.2, 0) is 0 Å². The molecule has 0 aromatic carbocycles. The summed E-state index contributed by atoms with van der Waals surface area (Å²) in [5.74, 6) is -1.34. The smallest absolute Gasteiger partial charge is 0.330 e. The summed E-state index contributed by atoms with van der Waals surface area (Å²) in [6.07, 6.45) is -2.13. The molecule has 2 N–H and O–H groups in total. The summed E-state index contributed by atoms with van der Waals surface area (Å²) in [5.41, 5.74) is 5.14. The Morgan fingerprint density at radius 3 is 2.50 bits per heavy atom. The van der Waals surface area contributed by atoms with Crippen LogP contribution in [0.3, 0.4) is 0 Å². The van der Waals surface area contributed by atoms with Gasteiger partial charge in [0.15, 0.2) is 0 Å². The molecular formula is C9H17F3N2. The van der Waals surface area contributed by atoms with Crippen molar-refractivity contribution >= 4 is 0 Å². The first-order valence-electron chi connectivity index (χ1n) is 4.92. The Bertz CT molecular complexity index is 181. The van der Waals surface area contributed by atoms with Gasteiger partial charge < -0.3 is 10.6 Å². The lowest BCUT2D eigenvalue weighted by Crippen LogP contribution is -2.36. The second kappa shape index (κ2) is 4.49. The highest BCUT2D eigenvalue weighted by atomic mass is 19.4. The maximum Gasteiger partial charge on any atom is 0.393 e. The maximum absolute atomic E-state index is 12.4. The number of alkyl halides is 3. The summed E-state index contributed by atoms with van der Waals surface area (Å²) in [7, 11) is 1.88. The number of hydrogen-bond acceptors (Lipinski definition) is 2. The molecule has 0 bridgehead atoms. The minimum atomic E-state index is -4.14. The van der Waals surface area contributed by atoms with Crippen LogP contribution in [0.1, 0.15) is 19.3 Å². The lowest BCUT2D eigenvalue weighted by atomic mass is 9.98. The summed E-state index contributed by atoms with van der Waals surface area (Å²) < 4.78 is 37.2. The van der Waals surface area contributed by atoms with Gasteiger partial charge >= 0.3 is 6.18 Å². The molecule has 1 fully saturated rings. The summed E-state index contributed by atoms with van der Waals surface area (Å²) in [5, 5.41) is 0. The lowest BCUT2D eigenvalue weighted by Gasteiger charge is -2.25. The Labute approximate surface area is 82.2 Å². The molecule has 2 unspecified atom stereocenters. The van der Waals surface area contributed by atoms with Crippen LogP contribution >= 0.6 is 0 Å². The van der Waals surface area contributed by atoms with Gasteiger partial charge in [0, 0.05) is 12.6 Å². The van der Waals surface area contributed by atoms with E-state index in [1.54, 1.807) is 0 Å². The highest BCUT2D eigenvalue weighted by Gasteiger charge is 2.40. The van der Waals surface area contributed by atoms with Crippen molar-refractivity contribution in [2.45, 2.75) is 31.5 Å². The van der Waals surface area contributed by atoms with Crippen LogP contribution in [0, 0.1) is 5.92 Å². The largest absolute Gasteiger partial charge is 0.393 e. The van der Waals surface area contributed by atoms with Crippen molar-refractivity contribution < 1.29 is 13.2 Å². The summed E-state index contributed by atoms with van der Waals surface area (Å²) >= 11 is 0. The third-order valence-electron chi connectivity index (χ3n) is 2.98. The van der Waals surface area contributed by atoms with E-state index >= 15 is 0 Å². The molecule has 2 nitrogen and oxygen atoms in total. The molecule has 1 heterocycles. The zero-order chi connectivity index (χ0) is 10.8. The van der Waals surface area contributed by atoms with Gasteiger partial charge in [0.05, 0.1) is 5.92 Å². The third-order valence-corrected chi connectivity index (χ3v) is 2.98. The number of nitrogens with two attached hydrogens (primary N) is 1. The molecule has 1 aliphatic rings. The zero-order valence-corrected chi connectivity index (χ0v) is 8.35. The molecule has 0 radical (unpaired) electrons. The molecule has 0 amide bonds. The van der Waals surface area contributed by atoms with Gasteiger partial charge in [-0.05, 0) is 32.9 Å². The molecule has 0 saturated carbocycles. The highest BCUT2D eigenvalue weighted by molar-refractivity contribution is 4.82. The van der Waals surface area contributed by atoms with Crippen LogP contribution in [0.2, 0.25) is 0 Å². The van der Waals surface area contributed by atoms with E-state index in [0.29, 0.717) is 0 Å². The average Bonchev–Trinajstić information content (AvgIpc) is 2.45. The fourth-order valence-electron chi connectivity index (χ4n) is 1.97. The van der Waals surface area contributed by atoms with Crippen molar-refractivity contribution in [1.82, 2.24) is 4.90 Å². The quantitative estimate of drug-likeness (QED) is 0.766. The van der Waals surface area contributed by atoms with Crippen LogP contribution in [0.15, 0.2) is 0 Å². The molecule has 84 valence electrons. The van der Waals surface area contributed by atoms with Crippen LogP contribution in [0.4, 0.5) is 13.2 Å². The van der Waals surface area contributed by atoms with Gasteiger partial charge in [-0.25, -0.2) is 0 Å². The average molecular weight is 210 g/mol.